The van der Waals surface area contributed by atoms with Gasteiger partial charge in [-0.05, 0) is 31.5 Å². The topological polar surface area (TPSA) is 84.7 Å². The molecule has 0 saturated carbocycles. The number of amides is 1. The van der Waals surface area contributed by atoms with Crippen LogP contribution in [0.1, 0.15) is 28.0 Å². The number of aryl methyl sites for hydroxylation is 1. The standard InChI is InChI=1S/C18H21N3O4/c1-12-4-3-5-14(8-12)21-13(2)16(10-19-21)18(24)20-6-7-25-15(11-20)9-17(22)23/h3-5,8,10,15H,6-7,9,11H2,1-2H3,(H,22,23). The molecule has 1 aromatic heterocycles. The minimum Gasteiger partial charge on any atom is -0.481 e. The van der Waals surface area contributed by atoms with E-state index in [0.29, 0.717) is 18.7 Å². The molecule has 1 amide bonds. The fourth-order valence-electron chi connectivity index (χ4n) is 3.03. The van der Waals surface area contributed by atoms with Gasteiger partial charge in [0.1, 0.15) is 0 Å². The Morgan fingerprint density at radius 2 is 2.16 bits per heavy atom. The first-order chi connectivity index (χ1) is 12.0. The highest BCUT2D eigenvalue weighted by Crippen LogP contribution is 2.19. The number of benzene rings is 1. The van der Waals surface area contributed by atoms with Gasteiger partial charge in [0.15, 0.2) is 0 Å². The number of rotatable bonds is 4. The van der Waals surface area contributed by atoms with Crippen molar-refractivity contribution in [3.8, 4) is 5.69 Å². The van der Waals surface area contributed by atoms with Crippen LogP contribution in [0.15, 0.2) is 30.5 Å². The summed E-state index contributed by atoms with van der Waals surface area (Å²) < 4.78 is 7.17. The van der Waals surface area contributed by atoms with Crippen LogP contribution in [0.4, 0.5) is 0 Å². The van der Waals surface area contributed by atoms with Crippen LogP contribution in [-0.4, -0.2) is 57.5 Å². The van der Waals surface area contributed by atoms with Crippen LogP contribution in [0.5, 0.6) is 0 Å². The molecule has 1 unspecified atom stereocenters. The number of aliphatic carboxylic acids is 1. The Bertz CT molecular complexity index is 799. The number of aromatic nitrogens is 2. The van der Waals surface area contributed by atoms with Crippen molar-refractivity contribution in [2.24, 2.45) is 0 Å². The molecular weight excluding hydrogens is 322 g/mol. The van der Waals surface area contributed by atoms with Gasteiger partial charge in [0.25, 0.3) is 5.91 Å². The van der Waals surface area contributed by atoms with Crippen molar-refractivity contribution >= 4 is 11.9 Å². The zero-order chi connectivity index (χ0) is 18.0. The fraction of sp³-hybridized carbons (Fsp3) is 0.389. The van der Waals surface area contributed by atoms with Crippen LogP contribution in [0, 0.1) is 13.8 Å². The molecule has 3 rings (SSSR count). The molecule has 7 nitrogen and oxygen atoms in total. The van der Waals surface area contributed by atoms with E-state index in [-0.39, 0.29) is 18.9 Å². The Balaban J connectivity index is 1.80. The van der Waals surface area contributed by atoms with Crippen LogP contribution < -0.4 is 0 Å². The van der Waals surface area contributed by atoms with Crippen molar-refractivity contribution in [3.63, 3.8) is 0 Å². The normalized spacial score (nSPS) is 17.5. The molecule has 1 N–H and O–H groups in total. The molecule has 2 aromatic rings. The van der Waals surface area contributed by atoms with E-state index >= 15 is 0 Å². The molecule has 132 valence electrons. The number of ether oxygens (including phenoxy) is 1. The van der Waals surface area contributed by atoms with Gasteiger partial charge in [0.05, 0.1) is 42.3 Å². The first-order valence-corrected chi connectivity index (χ1v) is 8.20. The maximum atomic E-state index is 12.8. The van der Waals surface area contributed by atoms with E-state index in [1.807, 2.05) is 38.1 Å². The van der Waals surface area contributed by atoms with Gasteiger partial charge in [0.2, 0.25) is 0 Å². The first-order valence-electron chi connectivity index (χ1n) is 8.20. The lowest BCUT2D eigenvalue weighted by molar-refractivity contribution is -0.141. The summed E-state index contributed by atoms with van der Waals surface area (Å²) >= 11 is 0. The molecular formula is C18H21N3O4. The van der Waals surface area contributed by atoms with Crippen molar-refractivity contribution in [1.29, 1.82) is 0 Å². The molecule has 2 heterocycles. The number of carbonyl (C=O) groups is 2. The minimum absolute atomic E-state index is 0.106. The zero-order valence-corrected chi connectivity index (χ0v) is 14.3. The molecule has 0 spiro atoms. The summed E-state index contributed by atoms with van der Waals surface area (Å²) in [7, 11) is 0. The van der Waals surface area contributed by atoms with E-state index < -0.39 is 12.1 Å². The van der Waals surface area contributed by atoms with Crippen LogP contribution in [0.25, 0.3) is 5.69 Å². The number of morpholine rings is 1. The van der Waals surface area contributed by atoms with Crippen molar-refractivity contribution in [2.45, 2.75) is 26.4 Å². The van der Waals surface area contributed by atoms with Gasteiger partial charge in [0, 0.05) is 13.1 Å². The lowest BCUT2D eigenvalue weighted by Gasteiger charge is -2.32. The summed E-state index contributed by atoms with van der Waals surface area (Å²) in [5, 5.41) is 13.3. The van der Waals surface area contributed by atoms with Crippen LogP contribution in [0.2, 0.25) is 0 Å². The van der Waals surface area contributed by atoms with Gasteiger partial charge >= 0.3 is 5.97 Å². The second kappa shape index (κ2) is 7.06. The van der Waals surface area contributed by atoms with E-state index in [9.17, 15) is 9.59 Å². The number of hydrogen-bond acceptors (Lipinski definition) is 4. The maximum Gasteiger partial charge on any atom is 0.306 e. The molecule has 0 aliphatic carbocycles. The van der Waals surface area contributed by atoms with Crippen LogP contribution >= 0.6 is 0 Å². The Morgan fingerprint density at radius 3 is 2.88 bits per heavy atom. The average Bonchev–Trinajstić information content (AvgIpc) is 2.95. The molecule has 1 aliphatic rings. The Kier molecular flexibility index (Phi) is 4.85. The quantitative estimate of drug-likeness (QED) is 0.915. The predicted octanol–water partition coefficient (Wildman–Crippen LogP) is 1.80. The van der Waals surface area contributed by atoms with Crippen molar-refractivity contribution in [2.75, 3.05) is 19.7 Å². The Labute approximate surface area is 145 Å². The second-order valence-electron chi connectivity index (χ2n) is 6.24. The molecule has 1 aliphatic heterocycles. The van der Waals surface area contributed by atoms with E-state index in [4.69, 9.17) is 9.84 Å². The lowest BCUT2D eigenvalue weighted by Crippen LogP contribution is -2.46. The summed E-state index contributed by atoms with van der Waals surface area (Å²) in [6.45, 7) is 4.93. The molecule has 1 saturated heterocycles. The number of carboxylic acid groups (broad SMARTS) is 1. The molecule has 7 heteroatoms. The SMILES string of the molecule is Cc1cccc(-n2ncc(C(=O)N3CCOC(CC(=O)O)C3)c2C)c1. The van der Waals surface area contributed by atoms with Crippen LogP contribution in [0.3, 0.4) is 0 Å². The third-order valence-corrected chi connectivity index (χ3v) is 4.31. The highest BCUT2D eigenvalue weighted by atomic mass is 16.5. The summed E-state index contributed by atoms with van der Waals surface area (Å²) in [6.07, 6.45) is 0.995. The van der Waals surface area contributed by atoms with E-state index in [2.05, 4.69) is 5.10 Å². The number of nitrogens with zero attached hydrogens (tertiary/aromatic N) is 3. The van der Waals surface area contributed by atoms with Crippen molar-refractivity contribution < 1.29 is 19.4 Å². The Morgan fingerprint density at radius 1 is 1.36 bits per heavy atom. The average molecular weight is 343 g/mol. The summed E-state index contributed by atoms with van der Waals surface area (Å²) in [4.78, 5) is 25.3. The van der Waals surface area contributed by atoms with Crippen molar-refractivity contribution in [3.05, 3.63) is 47.3 Å². The smallest absolute Gasteiger partial charge is 0.306 e. The van der Waals surface area contributed by atoms with Gasteiger partial charge in [-0.15, -0.1) is 0 Å². The summed E-state index contributed by atoms with van der Waals surface area (Å²) in [5.41, 5.74) is 3.31. The lowest BCUT2D eigenvalue weighted by atomic mass is 10.1. The van der Waals surface area contributed by atoms with E-state index in [1.165, 1.54) is 0 Å². The fourth-order valence-corrected chi connectivity index (χ4v) is 3.03. The highest BCUT2D eigenvalue weighted by Gasteiger charge is 2.28. The van der Waals surface area contributed by atoms with Gasteiger partial charge in [-0.25, -0.2) is 4.68 Å². The van der Waals surface area contributed by atoms with Crippen molar-refractivity contribution in [1.82, 2.24) is 14.7 Å². The number of carbonyl (C=O) groups excluding carboxylic acids is 1. The Hall–Kier alpha value is -2.67. The molecule has 25 heavy (non-hydrogen) atoms. The highest BCUT2D eigenvalue weighted by molar-refractivity contribution is 5.95. The summed E-state index contributed by atoms with van der Waals surface area (Å²) in [5.74, 6) is -1.07. The molecule has 0 radical (unpaired) electrons. The zero-order valence-electron chi connectivity index (χ0n) is 14.3. The molecule has 1 atom stereocenters. The van der Waals surface area contributed by atoms with Gasteiger partial charge < -0.3 is 14.7 Å². The maximum absolute atomic E-state index is 12.8. The molecule has 0 bridgehead atoms. The predicted molar refractivity (Wildman–Crippen MR) is 90.9 cm³/mol. The van der Waals surface area contributed by atoms with Gasteiger partial charge in [-0.3, -0.25) is 9.59 Å². The number of hydrogen-bond donors (Lipinski definition) is 1. The van der Waals surface area contributed by atoms with Gasteiger partial charge in [-0.1, -0.05) is 12.1 Å². The largest absolute Gasteiger partial charge is 0.481 e. The van der Waals surface area contributed by atoms with E-state index in [1.54, 1.807) is 15.8 Å². The molecule has 1 fully saturated rings. The minimum atomic E-state index is -0.928. The van der Waals surface area contributed by atoms with Crippen LogP contribution in [-0.2, 0) is 9.53 Å². The monoisotopic (exact) mass is 343 g/mol. The second-order valence-corrected chi connectivity index (χ2v) is 6.24. The molecule has 1 aromatic carbocycles. The first kappa shape index (κ1) is 17.2. The van der Waals surface area contributed by atoms with Gasteiger partial charge in [-0.2, -0.15) is 5.10 Å². The summed E-state index contributed by atoms with van der Waals surface area (Å²) in [6, 6.07) is 7.90. The van der Waals surface area contributed by atoms with E-state index in [0.717, 1.165) is 16.9 Å². The number of carboxylic acids is 1. The third-order valence-electron chi connectivity index (χ3n) is 4.31. The third kappa shape index (κ3) is 3.71.